The van der Waals surface area contributed by atoms with Crippen molar-refractivity contribution in [1.29, 1.82) is 0 Å². The van der Waals surface area contributed by atoms with E-state index in [4.69, 9.17) is 9.78 Å². The highest BCUT2D eigenvalue weighted by Crippen LogP contribution is 2.20. The molecule has 1 aliphatic rings. The highest BCUT2D eigenvalue weighted by atomic mass is 17.2. The molecule has 1 aromatic carbocycles. The van der Waals surface area contributed by atoms with Gasteiger partial charge in [-0.3, -0.25) is 0 Å². The van der Waals surface area contributed by atoms with Crippen LogP contribution in [0.5, 0.6) is 0 Å². The Morgan fingerprint density at radius 2 is 1.73 bits per heavy atom. The van der Waals surface area contributed by atoms with E-state index in [1.807, 2.05) is 30.3 Å². The van der Waals surface area contributed by atoms with Gasteiger partial charge in [-0.05, 0) is 18.4 Å². The van der Waals surface area contributed by atoms with Crippen LogP contribution < -0.4 is 0 Å². The van der Waals surface area contributed by atoms with Gasteiger partial charge in [0.25, 0.3) is 0 Å². The van der Waals surface area contributed by atoms with Crippen molar-refractivity contribution in [1.82, 2.24) is 0 Å². The predicted octanol–water partition coefficient (Wildman–Crippen LogP) is 3.47. The lowest BCUT2D eigenvalue weighted by Crippen LogP contribution is -2.16. The normalized spacial score (nSPS) is 17.9. The van der Waals surface area contributed by atoms with Gasteiger partial charge in [0.2, 0.25) is 0 Å². The smallest absolute Gasteiger partial charge is 0.107 e. The maximum Gasteiger partial charge on any atom is 0.107 e. The third kappa shape index (κ3) is 3.65. The second-order valence-corrected chi connectivity index (χ2v) is 4.10. The lowest BCUT2D eigenvalue weighted by molar-refractivity contribution is -0.336. The second-order valence-electron chi connectivity index (χ2n) is 4.10. The molecule has 1 aromatic rings. The molecule has 0 amide bonds. The minimum atomic E-state index is 0.322. The molecule has 1 saturated carbocycles. The van der Waals surface area contributed by atoms with Gasteiger partial charge in [0.1, 0.15) is 6.61 Å². The summed E-state index contributed by atoms with van der Waals surface area (Å²) in [6, 6.07) is 10.1. The van der Waals surface area contributed by atoms with Crippen molar-refractivity contribution >= 4 is 0 Å². The van der Waals surface area contributed by atoms with Crippen molar-refractivity contribution in [3.8, 4) is 0 Å². The predicted molar refractivity (Wildman–Crippen MR) is 59.2 cm³/mol. The van der Waals surface area contributed by atoms with E-state index >= 15 is 0 Å². The van der Waals surface area contributed by atoms with Crippen molar-refractivity contribution in [2.24, 2.45) is 0 Å². The van der Waals surface area contributed by atoms with E-state index in [0.717, 1.165) is 18.4 Å². The molecule has 0 aromatic heterocycles. The van der Waals surface area contributed by atoms with Crippen LogP contribution in [-0.2, 0) is 16.4 Å². The Morgan fingerprint density at radius 1 is 1.00 bits per heavy atom. The first-order valence-corrected chi connectivity index (χ1v) is 5.77. The van der Waals surface area contributed by atoms with E-state index in [-0.39, 0.29) is 0 Å². The van der Waals surface area contributed by atoms with E-state index in [1.165, 1.54) is 19.3 Å². The van der Waals surface area contributed by atoms with Gasteiger partial charge in [-0.1, -0.05) is 49.6 Å². The van der Waals surface area contributed by atoms with Gasteiger partial charge in [-0.25, -0.2) is 9.78 Å². The molecule has 1 aliphatic carbocycles. The quantitative estimate of drug-likeness (QED) is 0.554. The number of hydrogen-bond acceptors (Lipinski definition) is 2. The average Bonchev–Trinajstić information content (AvgIpc) is 2.32. The Morgan fingerprint density at radius 3 is 2.47 bits per heavy atom. The summed E-state index contributed by atoms with van der Waals surface area (Å²) in [5, 5.41) is 0. The molecule has 0 unspecified atom stereocenters. The van der Waals surface area contributed by atoms with Crippen LogP contribution in [0.3, 0.4) is 0 Å². The summed E-state index contributed by atoms with van der Waals surface area (Å²) >= 11 is 0. The average molecular weight is 206 g/mol. The molecular weight excluding hydrogens is 188 g/mol. The molecule has 0 radical (unpaired) electrons. The van der Waals surface area contributed by atoms with Crippen LogP contribution in [0.1, 0.15) is 37.7 Å². The molecule has 2 heteroatoms. The van der Waals surface area contributed by atoms with Gasteiger partial charge in [0, 0.05) is 0 Å². The van der Waals surface area contributed by atoms with Crippen molar-refractivity contribution in [3.05, 3.63) is 35.9 Å². The van der Waals surface area contributed by atoms with E-state index in [1.54, 1.807) is 0 Å². The first-order chi connectivity index (χ1) is 7.45. The van der Waals surface area contributed by atoms with Crippen LogP contribution in [0.15, 0.2) is 30.3 Å². The molecule has 0 aliphatic heterocycles. The summed E-state index contributed by atoms with van der Waals surface area (Å²) in [5.41, 5.74) is 1.16. The number of hydrogen-bond donors (Lipinski definition) is 0. The summed E-state index contributed by atoms with van der Waals surface area (Å²) in [6.07, 6.45) is 6.52. The Kier molecular flexibility index (Phi) is 4.18. The fourth-order valence-corrected chi connectivity index (χ4v) is 1.93. The first kappa shape index (κ1) is 10.7. The van der Waals surface area contributed by atoms with Gasteiger partial charge in [0.15, 0.2) is 0 Å². The summed E-state index contributed by atoms with van der Waals surface area (Å²) in [4.78, 5) is 10.6. The molecular formula is C13H18O2. The lowest BCUT2D eigenvalue weighted by Gasteiger charge is -2.20. The molecule has 0 bridgehead atoms. The molecule has 0 heterocycles. The Bertz CT molecular complexity index is 265. The molecule has 1 fully saturated rings. The van der Waals surface area contributed by atoms with Crippen LogP contribution in [0.4, 0.5) is 0 Å². The van der Waals surface area contributed by atoms with E-state index < -0.39 is 0 Å². The fraction of sp³-hybridized carbons (Fsp3) is 0.538. The minimum absolute atomic E-state index is 0.322. The third-order valence-electron chi connectivity index (χ3n) is 2.82. The Balaban J connectivity index is 1.66. The Labute approximate surface area is 91.1 Å². The standard InChI is InChI=1S/C13H18O2/c1-3-7-12(8-4-1)11-14-15-13-9-5-2-6-10-13/h1,3-4,7-8,13H,2,5-6,9-11H2. The molecule has 82 valence electrons. The molecule has 0 spiro atoms. The fourth-order valence-electron chi connectivity index (χ4n) is 1.93. The minimum Gasteiger partial charge on any atom is -0.233 e. The van der Waals surface area contributed by atoms with Gasteiger partial charge >= 0.3 is 0 Å². The van der Waals surface area contributed by atoms with E-state index in [0.29, 0.717) is 12.7 Å². The first-order valence-electron chi connectivity index (χ1n) is 5.77. The molecule has 0 atom stereocenters. The zero-order valence-corrected chi connectivity index (χ0v) is 9.02. The Hall–Kier alpha value is -0.860. The number of benzene rings is 1. The van der Waals surface area contributed by atoms with Crippen LogP contribution in [0.25, 0.3) is 0 Å². The SMILES string of the molecule is c1ccc(COOC2CCCCC2)cc1. The van der Waals surface area contributed by atoms with Gasteiger partial charge < -0.3 is 0 Å². The summed E-state index contributed by atoms with van der Waals surface area (Å²) in [7, 11) is 0. The largest absolute Gasteiger partial charge is 0.233 e. The van der Waals surface area contributed by atoms with Gasteiger partial charge in [0.05, 0.1) is 6.10 Å². The highest BCUT2D eigenvalue weighted by molar-refractivity contribution is 5.13. The lowest BCUT2D eigenvalue weighted by atomic mass is 9.98. The zero-order chi connectivity index (χ0) is 10.3. The van der Waals surface area contributed by atoms with Crippen LogP contribution in [0.2, 0.25) is 0 Å². The van der Waals surface area contributed by atoms with Crippen LogP contribution in [-0.4, -0.2) is 6.10 Å². The highest BCUT2D eigenvalue weighted by Gasteiger charge is 2.14. The maximum absolute atomic E-state index is 5.39. The molecule has 0 N–H and O–H groups in total. The van der Waals surface area contributed by atoms with E-state index in [2.05, 4.69) is 0 Å². The second kappa shape index (κ2) is 5.89. The van der Waals surface area contributed by atoms with Gasteiger partial charge in [-0.15, -0.1) is 0 Å². The maximum atomic E-state index is 5.39. The van der Waals surface area contributed by atoms with E-state index in [9.17, 15) is 0 Å². The van der Waals surface area contributed by atoms with Crippen LogP contribution >= 0.6 is 0 Å². The molecule has 2 rings (SSSR count). The summed E-state index contributed by atoms with van der Waals surface area (Å²) in [5.74, 6) is 0. The van der Waals surface area contributed by atoms with Crippen molar-refractivity contribution < 1.29 is 9.78 Å². The molecule has 0 saturated heterocycles. The van der Waals surface area contributed by atoms with Crippen molar-refractivity contribution in [3.63, 3.8) is 0 Å². The zero-order valence-electron chi connectivity index (χ0n) is 9.02. The van der Waals surface area contributed by atoms with Crippen LogP contribution in [0, 0.1) is 0 Å². The third-order valence-corrected chi connectivity index (χ3v) is 2.82. The van der Waals surface area contributed by atoms with Crippen molar-refractivity contribution in [2.75, 3.05) is 0 Å². The molecule has 2 nitrogen and oxygen atoms in total. The monoisotopic (exact) mass is 206 g/mol. The summed E-state index contributed by atoms with van der Waals surface area (Å²) < 4.78 is 0. The summed E-state index contributed by atoms with van der Waals surface area (Å²) in [6.45, 7) is 0.553. The topological polar surface area (TPSA) is 18.5 Å². The number of rotatable bonds is 4. The van der Waals surface area contributed by atoms with Gasteiger partial charge in [-0.2, -0.15) is 0 Å². The van der Waals surface area contributed by atoms with Crippen molar-refractivity contribution in [2.45, 2.75) is 44.8 Å². The molecule has 15 heavy (non-hydrogen) atoms.